The van der Waals surface area contributed by atoms with Crippen LogP contribution in [0.5, 0.6) is 0 Å². The maximum absolute atomic E-state index is 12.1. The van der Waals surface area contributed by atoms with Crippen molar-refractivity contribution in [2.45, 2.75) is 25.3 Å². The van der Waals surface area contributed by atoms with E-state index in [1.165, 1.54) is 24.2 Å². The maximum Gasteiger partial charge on any atom is 0.317 e. The number of urea groups is 1. The number of amides is 2. The van der Waals surface area contributed by atoms with Crippen molar-refractivity contribution in [1.82, 2.24) is 15.1 Å². The maximum atomic E-state index is 12.1. The highest BCUT2D eigenvalue weighted by molar-refractivity contribution is 5.77. The highest BCUT2D eigenvalue weighted by atomic mass is 16.5. The lowest BCUT2D eigenvalue weighted by Gasteiger charge is -2.28. The minimum Gasteiger partial charge on any atom is -0.481 e. The number of ether oxygens (including phenoxy) is 1. The van der Waals surface area contributed by atoms with Crippen LogP contribution in [0.15, 0.2) is 0 Å². The van der Waals surface area contributed by atoms with Crippen molar-refractivity contribution in [1.29, 1.82) is 0 Å². The van der Waals surface area contributed by atoms with E-state index in [9.17, 15) is 9.59 Å². The summed E-state index contributed by atoms with van der Waals surface area (Å²) in [6.07, 6.45) is 3.75. The molecule has 120 valence electrons. The smallest absolute Gasteiger partial charge is 0.317 e. The highest BCUT2D eigenvalue weighted by Gasteiger charge is 2.38. The molecule has 2 heterocycles. The lowest BCUT2D eigenvalue weighted by Crippen LogP contribution is -2.49. The number of rotatable bonds is 5. The number of nitrogens with one attached hydrogen (secondary N) is 1. The van der Waals surface area contributed by atoms with Gasteiger partial charge in [-0.2, -0.15) is 0 Å². The quantitative estimate of drug-likeness (QED) is 0.758. The molecule has 2 atom stereocenters. The number of likely N-dealkylation sites (tertiary alicyclic amines) is 1. The van der Waals surface area contributed by atoms with Crippen LogP contribution in [0, 0.1) is 5.92 Å². The molecule has 2 fully saturated rings. The zero-order chi connectivity index (χ0) is 15.2. The molecule has 0 bridgehead atoms. The summed E-state index contributed by atoms with van der Waals surface area (Å²) < 4.78 is 5.19. The molecule has 2 saturated heterocycles. The Morgan fingerprint density at radius 3 is 2.67 bits per heavy atom. The van der Waals surface area contributed by atoms with Crippen LogP contribution in [0.1, 0.15) is 19.3 Å². The largest absolute Gasteiger partial charge is 0.481 e. The first kappa shape index (κ1) is 16.0. The Hall–Kier alpha value is -1.34. The molecule has 0 spiro atoms. The second kappa shape index (κ2) is 7.61. The Kier molecular flexibility index (Phi) is 5.81. The number of likely N-dealkylation sites (N-methyl/N-ethyl adjacent to an activating group) is 1. The second-order valence-electron chi connectivity index (χ2n) is 5.79. The van der Waals surface area contributed by atoms with E-state index >= 15 is 0 Å². The van der Waals surface area contributed by atoms with E-state index < -0.39 is 17.9 Å². The van der Waals surface area contributed by atoms with Crippen molar-refractivity contribution < 1.29 is 19.4 Å². The third-order valence-corrected chi connectivity index (χ3v) is 4.34. The van der Waals surface area contributed by atoms with Crippen LogP contribution < -0.4 is 5.32 Å². The normalized spacial score (nSPS) is 26.5. The van der Waals surface area contributed by atoms with Gasteiger partial charge in [0.2, 0.25) is 0 Å². The van der Waals surface area contributed by atoms with Gasteiger partial charge in [0, 0.05) is 20.1 Å². The molecular formula is C14H25N3O4. The summed E-state index contributed by atoms with van der Waals surface area (Å²) in [6.45, 7) is 4.10. The lowest BCUT2D eigenvalue weighted by atomic mass is 10.0. The van der Waals surface area contributed by atoms with Crippen LogP contribution in [0.3, 0.4) is 0 Å². The van der Waals surface area contributed by atoms with Gasteiger partial charge < -0.3 is 25.0 Å². The molecule has 0 saturated carbocycles. The van der Waals surface area contributed by atoms with Gasteiger partial charge in [-0.25, -0.2) is 4.79 Å². The number of carbonyl (C=O) groups excluding carboxylic acids is 1. The molecule has 2 aliphatic heterocycles. The molecule has 2 N–H and O–H groups in total. The molecule has 21 heavy (non-hydrogen) atoms. The summed E-state index contributed by atoms with van der Waals surface area (Å²) in [4.78, 5) is 27.0. The van der Waals surface area contributed by atoms with E-state index in [0.717, 1.165) is 19.6 Å². The van der Waals surface area contributed by atoms with E-state index in [1.807, 2.05) is 0 Å². The Morgan fingerprint density at radius 1 is 1.29 bits per heavy atom. The zero-order valence-corrected chi connectivity index (χ0v) is 12.6. The summed E-state index contributed by atoms with van der Waals surface area (Å²) in [5.74, 6) is -1.55. The predicted octanol–water partition coefficient (Wildman–Crippen LogP) is 0.213. The molecule has 0 aliphatic carbocycles. The van der Waals surface area contributed by atoms with Crippen molar-refractivity contribution in [3.63, 3.8) is 0 Å². The number of nitrogens with zero attached hydrogens (tertiary/aromatic N) is 2. The molecule has 0 aromatic carbocycles. The van der Waals surface area contributed by atoms with Gasteiger partial charge in [-0.3, -0.25) is 4.79 Å². The number of hydrogen-bond acceptors (Lipinski definition) is 4. The predicted molar refractivity (Wildman–Crippen MR) is 77.2 cm³/mol. The number of aliphatic carboxylic acids is 1. The fourth-order valence-corrected chi connectivity index (χ4v) is 2.94. The first-order chi connectivity index (χ1) is 10.1. The molecule has 2 rings (SSSR count). The van der Waals surface area contributed by atoms with E-state index in [-0.39, 0.29) is 19.2 Å². The Labute approximate surface area is 125 Å². The van der Waals surface area contributed by atoms with Gasteiger partial charge in [-0.1, -0.05) is 6.42 Å². The third-order valence-electron chi connectivity index (χ3n) is 4.34. The zero-order valence-electron chi connectivity index (χ0n) is 12.6. The Bertz CT molecular complexity index is 371. The number of piperidine rings is 1. The van der Waals surface area contributed by atoms with Gasteiger partial charge in [0.05, 0.1) is 19.3 Å². The molecule has 0 aromatic heterocycles. The van der Waals surface area contributed by atoms with Crippen LogP contribution in [0.25, 0.3) is 0 Å². The average molecular weight is 299 g/mol. The average Bonchev–Trinajstić information content (AvgIpc) is 2.97. The summed E-state index contributed by atoms with van der Waals surface area (Å²) in [5.41, 5.74) is 0. The molecule has 2 amide bonds. The van der Waals surface area contributed by atoms with Crippen molar-refractivity contribution in [2.75, 3.05) is 46.4 Å². The first-order valence-corrected chi connectivity index (χ1v) is 7.63. The van der Waals surface area contributed by atoms with E-state index in [0.29, 0.717) is 6.54 Å². The molecule has 0 radical (unpaired) electrons. The van der Waals surface area contributed by atoms with Gasteiger partial charge in [0.25, 0.3) is 0 Å². The van der Waals surface area contributed by atoms with Gasteiger partial charge in [0.1, 0.15) is 5.92 Å². The van der Waals surface area contributed by atoms with Gasteiger partial charge >= 0.3 is 12.0 Å². The fourth-order valence-electron chi connectivity index (χ4n) is 2.94. The Morgan fingerprint density at radius 2 is 2.00 bits per heavy atom. The van der Waals surface area contributed by atoms with Gasteiger partial charge in [-0.05, 0) is 25.9 Å². The van der Waals surface area contributed by atoms with Crippen LogP contribution in [-0.2, 0) is 9.53 Å². The first-order valence-electron chi connectivity index (χ1n) is 7.63. The summed E-state index contributed by atoms with van der Waals surface area (Å²) in [5, 5.41) is 12.0. The Balaban J connectivity index is 1.73. The number of carboxylic acid groups (broad SMARTS) is 1. The van der Waals surface area contributed by atoms with Crippen molar-refractivity contribution >= 4 is 12.0 Å². The minimum absolute atomic E-state index is 0.172. The number of carbonyl (C=O) groups is 2. The molecule has 7 nitrogen and oxygen atoms in total. The van der Waals surface area contributed by atoms with E-state index in [4.69, 9.17) is 9.84 Å². The second-order valence-corrected chi connectivity index (χ2v) is 5.79. The van der Waals surface area contributed by atoms with E-state index in [2.05, 4.69) is 10.2 Å². The number of carboxylic acids is 1. The van der Waals surface area contributed by atoms with Gasteiger partial charge in [0.15, 0.2) is 0 Å². The third kappa shape index (κ3) is 4.31. The molecule has 7 heteroatoms. The topological polar surface area (TPSA) is 82.1 Å². The van der Waals surface area contributed by atoms with Crippen molar-refractivity contribution in [2.24, 2.45) is 5.92 Å². The van der Waals surface area contributed by atoms with Crippen molar-refractivity contribution in [3.8, 4) is 0 Å². The highest BCUT2D eigenvalue weighted by Crippen LogP contribution is 2.18. The number of hydrogen-bond donors (Lipinski definition) is 2. The summed E-state index contributed by atoms with van der Waals surface area (Å²) in [7, 11) is 1.63. The van der Waals surface area contributed by atoms with E-state index in [1.54, 1.807) is 7.05 Å². The van der Waals surface area contributed by atoms with Crippen molar-refractivity contribution in [3.05, 3.63) is 0 Å². The minimum atomic E-state index is -0.912. The van der Waals surface area contributed by atoms with Crippen LogP contribution in [-0.4, -0.2) is 79.4 Å². The molecule has 2 aliphatic rings. The van der Waals surface area contributed by atoms with Gasteiger partial charge in [-0.15, -0.1) is 0 Å². The molecular weight excluding hydrogens is 274 g/mol. The molecule has 0 aromatic rings. The lowest BCUT2D eigenvalue weighted by molar-refractivity contribution is -0.142. The standard InChI is InChI=1S/C14H25N3O4/c1-16(12-10-21-9-11(12)13(18)19)14(20)15-5-8-17-6-3-2-4-7-17/h11-12H,2-10H2,1H3,(H,15,20)(H,18,19). The summed E-state index contributed by atoms with van der Waals surface area (Å²) in [6, 6.07) is -0.619. The van der Waals surface area contributed by atoms with Crippen LogP contribution >= 0.6 is 0 Å². The fraction of sp³-hybridized carbons (Fsp3) is 0.857. The summed E-state index contributed by atoms with van der Waals surface area (Å²) >= 11 is 0. The van der Waals surface area contributed by atoms with Crippen LogP contribution in [0.4, 0.5) is 4.79 Å². The molecule has 2 unspecified atom stereocenters. The monoisotopic (exact) mass is 299 g/mol. The SMILES string of the molecule is CN(C(=O)NCCN1CCCCC1)C1COCC1C(=O)O. The van der Waals surface area contributed by atoms with Crippen LogP contribution in [0.2, 0.25) is 0 Å².